The van der Waals surface area contributed by atoms with Gasteiger partial charge in [0.15, 0.2) is 5.78 Å². The highest BCUT2D eigenvalue weighted by molar-refractivity contribution is 7.96. The average Bonchev–Trinajstić information content (AvgIpc) is 3.18. The highest BCUT2D eigenvalue weighted by Gasteiger charge is 2.56. The summed E-state index contributed by atoms with van der Waals surface area (Å²) in [6.07, 6.45) is 1.86. The molecule has 0 bridgehead atoms. The van der Waals surface area contributed by atoms with E-state index in [2.05, 4.69) is 14.3 Å². The van der Waals surface area contributed by atoms with Crippen molar-refractivity contribution in [2.75, 3.05) is 6.54 Å². The highest BCUT2D eigenvalue weighted by Crippen LogP contribution is 2.47. The van der Waals surface area contributed by atoms with Crippen LogP contribution in [0.4, 0.5) is 4.39 Å². The number of hydrogen-bond donors (Lipinski definition) is 1. The second-order valence-corrected chi connectivity index (χ2v) is 11.8. The Balaban J connectivity index is 1.74. The Bertz CT molecular complexity index is 1300. The zero-order valence-electron chi connectivity index (χ0n) is 18.1. The summed E-state index contributed by atoms with van der Waals surface area (Å²) in [4.78, 5) is 21.4. The predicted octanol–water partition coefficient (Wildman–Crippen LogP) is 3.12. The first-order chi connectivity index (χ1) is 15.0. The summed E-state index contributed by atoms with van der Waals surface area (Å²) < 4.78 is 32.5. The lowest BCUT2D eigenvalue weighted by Crippen LogP contribution is -2.58. The lowest BCUT2D eigenvalue weighted by Gasteiger charge is -2.44. The molecule has 0 saturated heterocycles. The van der Waals surface area contributed by atoms with Gasteiger partial charge in [-0.05, 0) is 57.0 Å². The molecule has 2 aromatic rings. The van der Waals surface area contributed by atoms with Crippen LogP contribution in [0, 0.1) is 17.1 Å². The third-order valence-corrected chi connectivity index (χ3v) is 10.2. The van der Waals surface area contributed by atoms with Crippen molar-refractivity contribution in [1.82, 2.24) is 4.98 Å². The van der Waals surface area contributed by atoms with Gasteiger partial charge in [-0.25, -0.2) is 13.0 Å². The second kappa shape index (κ2) is 7.48. The van der Waals surface area contributed by atoms with Gasteiger partial charge in [0, 0.05) is 24.7 Å². The third-order valence-electron chi connectivity index (χ3n) is 6.51. The fraction of sp³-hybridized carbons (Fsp3) is 0.391. The number of rotatable bonds is 4. The topological polar surface area (TPSA) is 122 Å². The molecule has 2 aliphatic rings. The summed E-state index contributed by atoms with van der Waals surface area (Å²) in [6, 6.07) is 9.42. The molecule has 166 valence electrons. The molecule has 1 aromatic heterocycles. The number of Topliss-reactive ketones (excluding diaryl/α,β-unsaturated/α-hetero) is 1. The van der Waals surface area contributed by atoms with Crippen LogP contribution in [0.1, 0.15) is 54.4 Å². The molecule has 4 rings (SSSR count). The molecule has 0 spiro atoms. The fourth-order valence-electron chi connectivity index (χ4n) is 4.48. The van der Waals surface area contributed by atoms with Gasteiger partial charge in [0.05, 0.1) is 20.5 Å². The lowest BCUT2D eigenvalue weighted by molar-refractivity contribution is 0.0988. The molecule has 2 N–H and O–H groups in total. The largest absolute Gasteiger partial charge is 0.386 e. The van der Waals surface area contributed by atoms with Gasteiger partial charge in [-0.1, -0.05) is 6.07 Å². The number of ketones is 1. The Labute approximate surface area is 186 Å². The van der Waals surface area contributed by atoms with E-state index in [0.29, 0.717) is 24.1 Å². The van der Waals surface area contributed by atoms with Gasteiger partial charge in [0.25, 0.3) is 0 Å². The molecule has 1 aromatic carbocycles. The number of hydrogen-bond acceptors (Lipinski definition) is 7. The minimum absolute atomic E-state index is 0.00261. The molecule has 7 nitrogen and oxygen atoms in total. The Morgan fingerprint density at radius 3 is 2.72 bits per heavy atom. The van der Waals surface area contributed by atoms with Crippen molar-refractivity contribution >= 4 is 21.3 Å². The van der Waals surface area contributed by atoms with E-state index >= 15 is 4.39 Å². The number of aromatic nitrogens is 1. The van der Waals surface area contributed by atoms with E-state index in [1.807, 2.05) is 6.07 Å². The maximum Gasteiger partial charge on any atom is 0.185 e. The molecule has 3 atom stereocenters. The Morgan fingerprint density at radius 1 is 1.31 bits per heavy atom. The summed E-state index contributed by atoms with van der Waals surface area (Å²) in [5, 5.41) is 8.40. The first-order valence-electron chi connectivity index (χ1n) is 10.3. The number of nitriles is 1. The first kappa shape index (κ1) is 22.1. The number of benzene rings is 1. The molecular formula is C23H24FN5O2S. The van der Waals surface area contributed by atoms with E-state index in [4.69, 9.17) is 11.0 Å². The molecule has 9 heteroatoms. The summed E-state index contributed by atoms with van der Waals surface area (Å²) in [7, 11) is -2.78. The minimum Gasteiger partial charge on any atom is -0.386 e. The zero-order valence-corrected chi connectivity index (χ0v) is 18.9. The van der Waals surface area contributed by atoms with Crippen molar-refractivity contribution in [2.45, 2.75) is 49.1 Å². The lowest BCUT2D eigenvalue weighted by atomic mass is 9.84. The third kappa shape index (κ3) is 3.21. The number of aliphatic imine (C=N–C) groups is 1. The number of carbonyl (C=O) groups excluding carboxylic acids is 1. The first-order valence-corrected chi connectivity index (χ1v) is 11.9. The molecule has 32 heavy (non-hydrogen) atoms. The van der Waals surface area contributed by atoms with Crippen LogP contribution in [0.25, 0.3) is 0 Å². The van der Waals surface area contributed by atoms with E-state index in [-0.39, 0.29) is 29.3 Å². The molecule has 0 fully saturated rings. The molecule has 0 aliphatic carbocycles. The number of pyridine rings is 1. The Morgan fingerprint density at radius 2 is 2.06 bits per heavy atom. The van der Waals surface area contributed by atoms with Crippen LogP contribution in [0.5, 0.6) is 0 Å². The van der Waals surface area contributed by atoms with Crippen molar-refractivity contribution in [2.24, 2.45) is 15.1 Å². The van der Waals surface area contributed by atoms with E-state index < -0.39 is 31.1 Å². The number of carbonyl (C=O) groups is 1. The van der Waals surface area contributed by atoms with Crippen LogP contribution in [0.15, 0.2) is 45.9 Å². The Kier molecular flexibility index (Phi) is 5.17. The molecule has 3 heterocycles. The van der Waals surface area contributed by atoms with Crippen LogP contribution in [0.2, 0.25) is 0 Å². The SMILES string of the molecule is CC1(C)C(N)=N[C@](C)(c2cc(CC(=O)c3ccc(C#N)cn3)ccc2F)[C@@H]2CCN=[S@@]21=O. The van der Waals surface area contributed by atoms with Gasteiger partial charge in [-0.3, -0.25) is 14.8 Å². The van der Waals surface area contributed by atoms with Crippen molar-refractivity contribution in [1.29, 1.82) is 5.26 Å². The van der Waals surface area contributed by atoms with Crippen LogP contribution < -0.4 is 5.73 Å². The summed E-state index contributed by atoms with van der Waals surface area (Å²) in [5.74, 6) is -0.565. The molecule has 0 saturated carbocycles. The van der Waals surface area contributed by atoms with Crippen molar-refractivity contribution < 1.29 is 13.4 Å². The molecular weight excluding hydrogens is 429 g/mol. The van der Waals surface area contributed by atoms with Gasteiger partial charge in [-0.15, -0.1) is 0 Å². The van der Waals surface area contributed by atoms with Crippen molar-refractivity contribution in [3.05, 3.63) is 64.7 Å². The van der Waals surface area contributed by atoms with Gasteiger partial charge >= 0.3 is 0 Å². The minimum atomic E-state index is -2.78. The monoisotopic (exact) mass is 453 g/mol. The van der Waals surface area contributed by atoms with Crippen LogP contribution in [-0.2, 0) is 21.7 Å². The van der Waals surface area contributed by atoms with Gasteiger partial charge in [-0.2, -0.15) is 5.26 Å². The quantitative estimate of drug-likeness (QED) is 0.713. The molecule has 0 amide bonds. The second-order valence-electron chi connectivity index (χ2n) is 8.81. The number of fused-ring (bicyclic) bond motifs is 1. The average molecular weight is 454 g/mol. The molecule has 0 unspecified atom stereocenters. The normalized spacial score (nSPS) is 28.2. The standard InChI is InChI=1S/C23H24FN5O2S/c1-22(2)21(26)29-23(3,20-8-9-28-32(20,22)31)16-10-14(4-6-17(16)24)11-19(30)18-7-5-15(12-25)13-27-18/h4-7,10,13,20H,8-9,11H2,1-3H3,(H2,26,29)/t20-,23+,32+/m0/s1. The van der Waals surface area contributed by atoms with E-state index in [1.54, 1.807) is 32.9 Å². The van der Waals surface area contributed by atoms with Crippen molar-refractivity contribution in [3.63, 3.8) is 0 Å². The summed E-state index contributed by atoms with van der Waals surface area (Å²) >= 11 is 0. The smallest absolute Gasteiger partial charge is 0.185 e. The van der Waals surface area contributed by atoms with E-state index in [0.717, 1.165) is 0 Å². The number of halogens is 1. The van der Waals surface area contributed by atoms with Crippen LogP contribution in [0.3, 0.4) is 0 Å². The van der Waals surface area contributed by atoms with Gasteiger partial charge < -0.3 is 5.73 Å². The molecule has 2 aliphatic heterocycles. The van der Waals surface area contributed by atoms with Crippen LogP contribution in [-0.4, -0.2) is 37.4 Å². The van der Waals surface area contributed by atoms with E-state index in [9.17, 15) is 9.00 Å². The predicted molar refractivity (Wildman–Crippen MR) is 120 cm³/mol. The maximum absolute atomic E-state index is 15.1. The van der Waals surface area contributed by atoms with E-state index in [1.165, 1.54) is 24.4 Å². The van der Waals surface area contributed by atoms with Crippen LogP contribution >= 0.6 is 0 Å². The van der Waals surface area contributed by atoms with Gasteiger partial charge in [0.2, 0.25) is 0 Å². The number of nitrogens with zero attached hydrogens (tertiary/aromatic N) is 4. The van der Waals surface area contributed by atoms with Crippen molar-refractivity contribution in [3.8, 4) is 6.07 Å². The Hall–Kier alpha value is -3.12. The zero-order chi connectivity index (χ0) is 23.3. The maximum atomic E-state index is 15.1. The highest BCUT2D eigenvalue weighted by atomic mass is 32.2. The number of amidine groups is 1. The fourth-order valence-corrected chi connectivity index (χ4v) is 7.64. The summed E-state index contributed by atoms with van der Waals surface area (Å²) in [5.41, 5.74) is 6.50. The summed E-state index contributed by atoms with van der Waals surface area (Å²) in [6.45, 7) is 5.69. The molecule has 0 radical (unpaired) electrons. The number of nitrogens with two attached hydrogens (primary N) is 1. The van der Waals surface area contributed by atoms with Gasteiger partial charge in [0.1, 0.15) is 33.7 Å².